The van der Waals surface area contributed by atoms with Crippen LogP contribution >= 0.6 is 0 Å². The van der Waals surface area contributed by atoms with Gasteiger partial charge in [0.05, 0.1) is 12.6 Å². The van der Waals surface area contributed by atoms with Gasteiger partial charge in [-0.2, -0.15) is 17.6 Å². The van der Waals surface area contributed by atoms with E-state index in [1.165, 1.54) is 26.2 Å². The van der Waals surface area contributed by atoms with E-state index in [0.29, 0.717) is 28.6 Å². The van der Waals surface area contributed by atoms with Crippen molar-refractivity contribution in [3.63, 3.8) is 0 Å². The van der Waals surface area contributed by atoms with Gasteiger partial charge in [0.1, 0.15) is 11.5 Å². The van der Waals surface area contributed by atoms with Crippen LogP contribution in [0, 0.1) is 6.92 Å². The zero-order valence-electron chi connectivity index (χ0n) is 18.5. The summed E-state index contributed by atoms with van der Waals surface area (Å²) < 4.78 is 78.7. The van der Waals surface area contributed by atoms with Crippen LogP contribution in [0.15, 0.2) is 30.3 Å². The lowest BCUT2D eigenvalue weighted by molar-refractivity contribution is -0.391. The molecule has 34 heavy (non-hydrogen) atoms. The van der Waals surface area contributed by atoms with Crippen LogP contribution < -0.4 is 23.7 Å². The number of rotatable bonds is 5. The summed E-state index contributed by atoms with van der Waals surface area (Å²) in [5, 5.41) is 0.449. The molecule has 3 aromatic rings. The fourth-order valence-electron chi connectivity index (χ4n) is 3.48. The Labute approximate surface area is 191 Å². The lowest BCUT2D eigenvalue weighted by atomic mass is 10.1. The summed E-state index contributed by atoms with van der Waals surface area (Å²) in [4.78, 5) is 16.3. The van der Waals surface area contributed by atoms with Crippen molar-refractivity contribution >= 4 is 16.9 Å². The second-order valence-corrected chi connectivity index (χ2v) is 7.43. The zero-order chi connectivity index (χ0) is 24.8. The first-order chi connectivity index (χ1) is 16.0. The lowest BCUT2D eigenvalue weighted by Crippen LogP contribution is -2.52. The molecule has 2 aromatic carbocycles. The van der Waals surface area contributed by atoms with Crippen molar-refractivity contribution in [1.82, 2.24) is 4.98 Å². The van der Waals surface area contributed by atoms with E-state index in [9.17, 15) is 22.4 Å². The highest BCUT2D eigenvalue weighted by atomic mass is 19.3. The number of methoxy groups -OCH3 is 1. The van der Waals surface area contributed by atoms with Crippen LogP contribution in [-0.2, 0) is 11.2 Å². The summed E-state index contributed by atoms with van der Waals surface area (Å²) >= 11 is 0. The predicted octanol–water partition coefficient (Wildman–Crippen LogP) is 5.79. The Bertz CT molecular complexity index is 1290. The Morgan fingerprint density at radius 2 is 1.71 bits per heavy atom. The van der Waals surface area contributed by atoms with Crippen molar-refractivity contribution in [1.29, 1.82) is 0 Å². The number of hydrogen-bond acceptors (Lipinski definition) is 7. The van der Waals surface area contributed by atoms with Crippen molar-refractivity contribution < 1.29 is 46.0 Å². The monoisotopic (exact) mass is 481 g/mol. The van der Waals surface area contributed by atoms with Gasteiger partial charge in [-0.3, -0.25) is 9.78 Å². The molecule has 0 bridgehead atoms. The Morgan fingerprint density at radius 1 is 1.03 bits per heavy atom. The van der Waals surface area contributed by atoms with E-state index in [1.807, 2.05) is 6.92 Å². The van der Waals surface area contributed by atoms with Crippen LogP contribution in [0.4, 0.5) is 17.6 Å². The number of alkyl halides is 4. The normalized spacial score (nSPS) is 15.6. The number of esters is 1. The zero-order valence-corrected chi connectivity index (χ0v) is 18.5. The van der Waals surface area contributed by atoms with Gasteiger partial charge in [0, 0.05) is 35.7 Å². The molecule has 0 unspecified atom stereocenters. The molecule has 4 rings (SSSR count). The van der Waals surface area contributed by atoms with E-state index in [-0.39, 0.29) is 17.2 Å². The SMILES string of the molecule is CCc1nc2cc(OC)c(Oc3ccc4c(c3)OC(F)(F)C(F)(F)O4)cc2c(OC(C)=O)c1C. The van der Waals surface area contributed by atoms with Gasteiger partial charge in [-0.25, -0.2) is 0 Å². The summed E-state index contributed by atoms with van der Waals surface area (Å²) in [7, 11) is 1.39. The molecule has 0 atom stereocenters. The topological polar surface area (TPSA) is 76.1 Å². The number of aryl methyl sites for hydroxylation is 1. The van der Waals surface area contributed by atoms with E-state index in [0.717, 1.165) is 17.8 Å². The number of halogens is 4. The van der Waals surface area contributed by atoms with E-state index in [4.69, 9.17) is 14.2 Å². The van der Waals surface area contributed by atoms with Crippen molar-refractivity contribution in [2.45, 2.75) is 39.4 Å². The fraction of sp³-hybridized carbons (Fsp3) is 0.304. The molecule has 7 nitrogen and oxygen atoms in total. The standard InChI is InChI=1S/C23H19F4NO6/c1-5-15-11(2)21(31-12(3)29)14-9-19(18(30-4)10-16(14)28-15)32-13-6-7-17-20(8-13)34-23(26,27)22(24,25)33-17/h6-10H,5H2,1-4H3. The molecular weight excluding hydrogens is 462 g/mol. The summed E-state index contributed by atoms with van der Waals surface area (Å²) in [6.45, 7) is 4.95. The smallest absolute Gasteiger partial charge is 0.493 e. The quantitative estimate of drug-likeness (QED) is 0.337. The number of nitrogens with zero attached hydrogens (tertiary/aromatic N) is 1. The lowest BCUT2D eigenvalue weighted by Gasteiger charge is -2.31. The molecule has 0 saturated heterocycles. The Balaban J connectivity index is 1.79. The fourth-order valence-corrected chi connectivity index (χ4v) is 3.48. The molecule has 180 valence electrons. The summed E-state index contributed by atoms with van der Waals surface area (Å²) in [6, 6.07) is 6.33. The van der Waals surface area contributed by atoms with Crippen molar-refractivity contribution in [2.75, 3.05) is 7.11 Å². The molecule has 0 radical (unpaired) electrons. The van der Waals surface area contributed by atoms with Crippen molar-refractivity contribution in [3.8, 4) is 34.5 Å². The first-order valence-electron chi connectivity index (χ1n) is 10.1. The maximum absolute atomic E-state index is 13.6. The Hall–Kier alpha value is -3.76. The van der Waals surface area contributed by atoms with Gasteiger partial charge < -0.3 is 23.7 Å². The Morgan fingerprint density at radius 3 is 2.32 bits per heavy atom. The summed E-state index contributed by atoms with van der Waals surface area (Å²) in [5.74, 6) is -1.08. The molecule has 0 amide bonds. The van der Waals surface area contributed by atoms with E-state index in [2.05, 4.69) is 14.5 Å². The third-order valence-electron chi connectivity index (χ3n) is 5.09. The van der Waals surface area contributed by atoms with Gasteiger partial charge in [0.2, 0.25) is 0 Å². The number of carbonyl (C=O) groups is 1. The summed E-state index contributed by atoms with van der Waals surface area (Å²) in [5.41, 5.74) is 1.87. The molecule has 0 fully saturated rings. The number of benzene rings is 2. The second-order valence-electron chi connectivity index (χ2n) is 7.43. The number of ether oxygens (including phenoxy) is 5. The van der Waals surface area contributed by atoms with Crippen LogP contribution in [0.25, 0.3) is 10.9 Å². The number of aromatic nitrogens is 1. The molecule has 0 N–H and O–H groups in total. The van der Waals surface area contributed by atoms with Crippen LogP contribution in [0.1, 0.15) is 25.1 Å². The first kappa shape index (κ1) is 23.4. The number of fused-ring (bicyclic) bond motifs is 2. The van der Waals surface area contributed by atoms with Crippen LogP contribution in [0.5, 0.6) is 34.5 Å². The average molecular weight is 481 g/mol. The van der Waals surface area contributed by atoms with Gasteiger partial charge >= 0.3 is 18.2 Å². The van der Waals surface area contributed by atoms with E-state index in [1.54, 1.807) is 13.0 Å². The number of hydrogen-bond donors (Lipinski definition) is 0. The van der Waals surface area contributed by atoms with E-state index < -0.39 is 29.7 Å². The molecular formula is C23H19F4NO6. The molecule has 0 spiro atoms. The largest absolute Gasteiger partial charge is 0.507 e. The minimum Gasteiger partial charge on any atom is -0.493 e. The minimum atomic E-state index is -4.86. The molecule has 1 aliphatic rings. The molecule has 2 heterocycles. The molecule has 1 aromatic heterocycles. The van der Waals surface area contributed by atoms with Crippen LogP contribution in [0.2, 0.25) is 0 Å². The third kappa shape index (κ3) is 4.02. The van der Waals surface area contributed by atoms with Gasteiger partial charge in [-0.05, 0) is 31.5 Å². The van der Waals surface area contributed by atoms with Crippen molar-refractivity contribution in [3.05, 3.63) is 41.6 Å². The number of carbonyl (C=O) groups excluding carboxylic acids is 1. The highest BCUT2D eigenvalue weighted by molar-refractivity contribution is 5.91. The minimum absolute atomic E-state index is 0.0232. The summed E-state index contributed by atoms with van der Waals surface area (Å²) in [6.07, 6.45) is -9.09. The second kappa shape index (κ2) is 8.23. The highest BCUT2D eigenvalue weighted by Gasteiger charge is 2.66. The highest BCUT2D eigenvalue weighted by Crippen LogP contribution is 2.49. The van der Waals surface area contributed by atoms with Gasteiger partial charge in [0.25, 0.3) is 0 Å². The van der Waals surface area contributed by atoms with Crippen LogP contribution in [-0.4, -0.2) is 30.3 Å². The van der Waals surface area contributed by atoms with Crippen molar-refractivity contribution in [2.24, 2.45) is 0 Å². The van der Waals surface area contributed by atoms with Crippen LogP contribution in [0.3, 0.4) is 0 Å². The molecule has 11 heteroatoms. The molecule has 0 aliphatic carbocycles. The Kier molecular flexibility index (Phi) is 5.66. The third-order valence-corrected chi connectivity index (χ3v) is 5.09. The predicted molar refractivity (Wildman–Crippen MR) is 111 cm³/mol. The maximum atomic E-state index is 13.6. The van der Waals surface area contributed by atoms with E-state index >= 15 is 0 Å². The first-order valence-corrected chi connectivity index (χ1v) is 10.1. The average Bonchev–Trinajstić information content (AvgIpc) is 2.75. The van der Waals surface area contributed by atoms with Gasteiger partial charge in [-0.15, -0.1) is 0 Å². The van der Waals surface area contributed by atoms with Gasteiger partial charge in [-0.1, -0.05) is 6.92 Å². The molecule has 1 aliphatic heterocycles. The molecule has 0 saturated carbocycles. The maximum Gasteiger partial charge on any atom is 0.507 e. The van der Waals surface area contributed by atoms with Gasteiger partial charge in [0.15, 0.2) is 23.0 Å². The number of pyridine rings is 1.